The lowest BCUT2D eigenvalue weighted by atomic mass is 9.83. The predicted molar refractivity (Wildman–Crippen MR) is 84.6 cm³/mol. The summed E-state index contributed by atoms with van der Waals surface area (Å²) in [6.07, 6.45) is 6.23. The summed E-state index contributed by atoms with van der Waals surface area (Å²) in [6.45, 7) is 7.81. The Morgan fingerprint density at radius 2 is 2.09 bits per heavy atom. The molecule has 126 valence electrons. The number of carbonyl (C=O) groups excluding carboxylic acids is 1. The summed E-state index contributed by atoms with van der Waals surface area (Å²) in [5.74, 6) is 2.19. The van der Waals surface area contributed by atoms with E-state index in [0.717, 1.165) is 12.8 Å². The first-order valence-electron chi connectivity index (χ1n) is 8.42. The van der Waals surface area contributed by atoms with Gasteiger partial charge in [-0.3, -0.25) is 4.79 Å². The Morgan fingerprint density at radius 3 is 2.74 bits per heavy atom. The van der Waals surface area contributed by atoms with Gasteiger partial charge in [-0.2, -0.15) is 0 Å². The van der Waals surface area contributed by atoms with Gasteiger partial charge in [0, 0.05) is 24.9 Å². The van der Waals surface area contributed by atoms with Crippen molar-refractivity contribution in [2.75, 3.05) is 13.1 Å². The highest BCUT2D eigenvalue weighted by atomic mass is 16.5. The van der Waals surface area contributed by atoms with Gasteiger partial charge in [0.05, 0.1) is 6.10 Å². The Balaban J connectivity index is 1.42. The first-order chi connectivity index (χ1) is 11.0. The quantitative estimate of drug-likeness (QED) is 0.780. The van der Waals surface area contributed by atoms with Crippen molar-refractivity contribution < 1.29 is 13.9 Å². The molecule has 0 N–H and O–H groups in total. The van der Waals surface area contributed by atoms with Crippen molar-refractivity contribution >= 4 is 5.91 Å². The minimum absolute atomic E-state index is 0.0720. The Morgan fingerprint density at radius 1 is 1.35 bits per heavy atom. The molecule has 1 fully saturated rings. The lowest BCUT2D eigenvalue weighted by molar-refractivity contribution is -0.152. The number of carbonyl (C=O) groups is 1. The number of hydrogen-bond acceptors (Lipinski definition) is 5. The van der Waals surface area contributed by atoms with E-state index in [-0.39, 0.29) is 23.8 Å². The van der Waals surface area contributed by atoms with Gasteiger partial charge < -0.3 is 14.1 Å². The Kier molecular flexibility index (Phi) is 4.80. The molecule has 1 aromatic rings. The van der Waals surface area contributed by atoms with E-state index < -0.39 is 0 Å². The summed E-state index contributed by atoms with van der Waals surface area (Å²) >= 11 is 0. The third-order valence-corrected chi connectivity index (χ3v) is 4.65. The summed E-state index contributed by atoms with van der Waals surface area (Å²) in [6, 6.07) is 0. The third kappa shape index (κ3) is 3.63. The number of rotatable bonds is 5. The van der Waals surface area contributed by atoms with Crippen LogP contribution in [0.2, 0.25) is 0 Å². The van der Waals surface area contributed by atoms with Gasteiger partial charge in [0.2, 0.25) is 17.7 Å². The van der Waals surface area contributed by atoms with Crippen molar-refractivity contribution in [3.05, 3.63) is 23.9 Å². The lowest BCUT2D eigenvalue weighted by Crippen LogP contribution is -2.57. The van der Waals surface area contributed by atoms with Gasteiger partial charge in [-0.15, -0.1) is 10.2 Å². The highest BCUT2D eigenvalue weighted by Crippen LogP contribution is 2.29. The number of allylic oxidation sites excluding steroid dienone is 2. The summed E-state index contributed by atoms with van der Waals surface area (Å²) in [5.41, 5.74) is 0. The fourth-order valence-electron chi connectivity index (χ4n) is 3.00. The molecule has 1 aromatic heterocycles. The van der Waals surface area contributed by atoms with Crippen LogP contribution in [0, 0.1) is 11.8 Å². The zero-order valence-electron chi connectivity index (χ0n) is 14.1. The van der Waals surface area contributed by atoms with Gasteiger partial charge in [0.25, 0.3) is 0 Å². The summed E-state index contributed by atoms with van der Waals surface area (Å²) in [7, 11) is 0. The molecular weight excluding hydrogens is 294 g/mol. The number of amides is 1. The van der Waals surface area contributed by atoms with Crippen LogP contribution in [0.4, 0.5) is 0 Å². The molecule has 6 heteroatoms. The van der Waals surface area contributed by atoms with Crippen molar-refractivity contribution in [2.45, 2.75) is 52.2 Å². The number of ether oxygens (including phenoxy) is 1. The summed E-state index contributed by atoms with van der Waals surface area (Å²) in [4.78, 5) is 14.4. The maximum atomic E-state index is 12.5. The highest BCUT2D eigenvalue weighted by molar-refractivity contribution is 5.80. The molecular formula is C17H25N3O3. The number of hydrogen-bond donors (Lipinski definition) is 0. The summed E-state index contributed by atoms with van der Waals surface area (Å²) < 4.78 is 11.3. The second-order valence-corrected chi connectivity index (χ2v) is 6.89. The fraction of sp³-hybridized carbons (Fsp3) is 0.706. The zero-order chi connectivity index (χ0) is 16.4. The molecule has 6 nitrogen and oxygen atoms in total. The van der Waals surface area contributed by atoms with Gasteiger partial charge in [-0.1, -0.05) is 32.9 Å². The minimum atomic E-state index is 0.0720. The zero-order valence-corrected chi connectivity index (χ0v) is 14.1. The number of likely N-dealkylation sites (tertiary alicyclic amines) is 1. The van der Waals surface area contributed by atoms with Crippen molar-refractivity contribution in [2.24, 2.45) is 11.8 Å². The third-order valence-electron chi connectivity index (χ3n) is 4.65. The van der Waals surface area contributed by atoms with Gasteiger partial charge >= 0.3 is 0 Å². The topological polar surface area (TPSA) is 68.5 Å². The monoisotopic (exact) mass is 319 g/mol. The minimum Gasteiger partial charge on any atom is -0.422 e. The first-order valence-corrected chi connectivity index (χ1v) is 8.42. The Labute approximate surface area is 136 Å². The molecule has 2 aliphatic rings. The molecule has 0 spiro atoms. The predicted octanol–water partition coefficient (Wildman–Crippen LogP) is 2.52. The van der Waals surface area contributed by atoms with Crippen LogP contribution < -0.4 is 0 Å². The average molecular weight is 319 g/mol. The molecule has 0 unspecified atom stereocenters. The van der Waals surface area contributed by atoms with E-state index in [9.17, 15) is 4.79 Å². The van der Waals surface area contributed by atoms with E-state index in [0.29, 0.717) is 37.4 Å². The first kappa shape index (κ1) is 16.2. The molecule has 1 saturated heterocycles. The lowest BCUT2D eigenvalue weighted by Gasteiger charge is -2.41. The molecule has 1 aliphatic carbocycles. The molecule has 2 atom stereocenters. The van der Waals surface area contributed by atoms with Crippen molar-refractivity contribution in [3.8, 4) is 0 Å². The molecule has 1 amide bonds. The van der Waals surface area contributed by atoms with E-state index in [1.54, 1.807) is 0 Å². The Bertz CT molecular complexity index is 575. The molecule has 3 rings (SSSR count). The van der Waals surface area contributed by atoms with Crippen LogP contribution in [-0.4, -0.2) is 40.2 Å². The van der Waals surface area contributed by atoms with Crippen LogP contribution in [0.3, 0.4) is 0 Å². The van der Waals surface area contributed by atoms with Crippen LogP contribution in [-0.2, 0) is 16.1 Å². The normalized spacial score (nSPS) is 25.0. The summed E-state index contributed by atoms with van der Waals surface area (Å²) in [5, 5.41) is 7.96. The largest absolute Gasteiger partial charge is 0.422 e. The van der Waals surface area contributed by atoms with Gasteiger partial charge in [0.1, 0.15) is 6.61 Å². The van der Waals surface area contributed by atoms with E-state index in [1.807, 2.05) is 18.7 Å². The van der Waals surface area contributed by atoms with Gasteiger partial charge in [0.15, 0.2) is 0 Å². The highest BCUT2D eigenvalue weighted by Gasteiger charge is 2.37. The molecule has 1 aliphatic heterocycles. The Hall–Kier alpha value is -1.69. The van der Waals surface area contributed by atoms with E-state index in [4.69, 9.17) is 9.15 Å². The van der Waals surface area contributed by atoms with Crippen molar-refractivity contribution in [1.82, 2.24) is 15.1 Å². The fourth-order valence-corrected chi connectivity index (χ4v) is 3.00. The number of aromatic nitrogens is 2. The molecule has 23 heavy (non-hydrogen) atoms. The average Bonchev–Trinajstić information content (AvgIpc) is 2.95. The molecule has 0 radical (unpaired) electrons. The molecule has 0 saturated carbocycles. The smallest absolute Gasteiger partial charge is 0.242 e. The van der Waals surface area contributed by atoms with Crippen LogP contribution in [0.15, 0.2) is 16.6 Å². The van der Waals surface area contributed by atoms with Crippen LogP contribution >= 0.6 is 0 Å². The molecule has 0 bridgehead atoms. The van der Waals surface area contributed by atoms with E-state index >= 15 is 0 Å². The van der Waals surface area contributed by atoms with Crippen LogP contribution in [0.5, 0.6) is 0 Å². The number of nitrogens with zero attached hydrogens (tertiary/aromatic N) is 3. The maximum Gasteiger partial charge on any atom is 0.242 e. The second kappa shape index (κ2) is 6.83. The van der Waals surface area contributed by atoms with Gasteiger partial charge in [-0.25, -0.2) is 0 Å². The van der Waals surface area contributed by atoms with Crippen molar-refractivity contribution in [1.29, 1.82) is 0 Å². The SMILES string of the molecule is CC(C)c1nnc(COC2CN(C(=O)[C@@H]3CC=CC[C@H]3C)C2)o1. The van der Waals surface area contributed by atoms with Crippen LogP contribution in [0.1, 0.15) is 51.3 Å². The van der Waals surface area contributed by atoms with Crippen molar-refractivity contribution in [3.63, 3.8) is 0 Å². The van der Waals surface area contributed by atoms with Gasteiger partial charge in [-0.05, 0) is 18.8 Å². The van der Waals surface area contributed by atoms with Crippen LogP contribution in [0.25, 0.3) is 0 Å². The standard InChI is InChI=1S/C17H25N3O3/c1-11(2)16-19-18-15(23-16)10-22-13-8-20(9-13)17(21)14-7-5-4-6-12(14)3/h4-5,11-14H,6-10H2,1-3H3/t12-,14-/m1/s1. The second-order valence-electron chi connectivity index (χ2n) is 6.89. The molecule has 0 aromatic carbocycles. The maximum absolute atomic E-state index is 12.5. The molecule has 2 heterocycles. The van der Waals surface area contributed by atoms with E-state index in [2.05, 4.69) is 29.3 Å². The van der Waals surface area contributed by atoms with E-state index in [1.165, 1.54) is 0 Å².